The van der Waals surface area contributed by atoms with Crippen molar-refractivity contribution in [1.82, 2.24) is 4.98 Å². The molecule has 4 N–H and O–H groups in total. The SMILES string of the molecule is COc1cc(C(N)=O)ccc1Oc1cc(N)cc(Cl)n1. The smallest absolute Gasteiger partial charge is 0.248 e. The summed E-state index contributed by atoms with van der Waals surface area (Å²) in [6, 6.07) is 7.58. The lowest BCUT2D eigenvalue weighted by Crippen LogP contribution is -2.10. The lowest BCUT2D eigenvalue weighted by atomic mass is 10.2. The second kappa shape index (κ2) is 5.66. The van der Waals surface area contributed by atoms with Crippen LogP contribution >= 0.6 is 11.6 Å². The number of hydrogen-bond acceptors (Lipinski definition) is 5. The van der Waals surface area contributed by atoms with Gasteiger partial charge in [0.2, 0.25) is 11.8 Å². The van der Waals surface area contributed by atoms with Crippen LogP contribution in [0, 0.1) is 0 Å². The molecule has 0 fully saturated rings. The average Bonchev–Trinajstić information content (AvgIpc) is 2.37. The molecule has 0 saturated heterocycles. The molecule has 1 amide bonds. The van der Waals surface area contributed by atoms with Gasteiger partial charge in [-0.1, -0.05) is 11.6 Å². The Hall–Kier alpha value is -2.47. The van der Waals surface area contributed by atoms with Gasteiger partial charge >= 0.3 is 0 Å². The van der Waals surface area contributed by atoms with Crippen LogP contribution in [0.15, 0.2) is 30.3 Å². The Labute approximate surface area is 120 Å². The quantitative estimate of drug-likeness (QED) is 0.842. The van der Waals surface area contributed by atoms with Gasteiger partial charge < -0.3 is 20.9 Å². The van der Waals surface area contributed by atoms with E-state index in [1.807, 2.05) is 0 Å². The van der Waals surface area contributed by atoms with E-state index >= 15 is 0 Å². The van der Waals surface area contributed by atoms with Crippen molar-refractivity contribution in [3.05, 3.63) is 41.0 Å². The minimum atomic E-state index is -0.556. The lowest BCUT2D eigenvalue weighted by Gasteiger charge is -2.11. The monoisotopic (exact) mass is 293 g/mol. The molecule has 2 aromatic rings. The van der Waals surface area contributed by atoms with Gasteiger partial charge in [0.15, 0.2) is 11.5 Å². The first-order valence-electron chi connectivity index (χ1n) is 5.58. The highest BCUT2D eigenvalue weighted by Crippen LogP contribution is 2.32. The number of carbonyl (C=O) groups excluding carboxylic acids is 1. The van der Waals surface area contributed by atoms with E-state index in [1.165, 1.54) is 31.4 Å². The van der Waals surface area contributed by atoms with Gasteiger partial charge in [-0.2, -0.15) is 0 Å². The summed E-state index contributed by atoms with van der Waals surface area (Å²) >= 11 is 5.79. The van der Waals surface area contributed by atoms with E-state index in [9.17, 15) is 4.79 Å². The number of nitrogens with zero attached hydrogens (tertiary/aromatic N) is 1. The van der Waals surface area contributed by atoms with E-state index in [4.69, 9.17) is 32.5 Å². The Morgan fingerprint density at radius 1 is 1.25 bits per heavy atom. The number of primary amides is 1. The third-order valence-corrected chi connectivity index (χ3v) is 2.65. The van der Waals surface area contributed by atoms with Crippen LogP contribution in [0.25, 0.3) is 0 Å². The molecule has 0 aliphatic rings. The first kappa shape index (κ1) is 14.0. The number of methoxy groups -OCH3 is 1. The lowest BCUT2D eigenvalue weighted by molar-refractivity contribution is 0.1000. The molecule has 104 valence electrons. The van der Waals surface area contributed by atoms with Crippen LogP contribution in [0.4, 0.5) is 5.69 Å². The summed E-state index contributed by atoms with van der Waals surface area (Å²) in [5.41, 5.74) is 11.6. The molecule has 2 rings (SSSR count). The summed E-state index contributed by atoms with van der Waals surface area (Å²) in [6.07, 6.45) is 0. The highest BCUT2D eigenvalue weighted by atomic mass is 35.5. The number of hydrogen-bond donors (Lipinski definition) is 2. The van der Waals surface area contributed by atoms with Crippen molar-refractivity contribution < 1.29 is 14.3 Å². The zero-order valence-corrected chi connectivity index (χ0v) is 11.3. The van der Waals surface area contributed by atoms with Crippen molar-refractivity contribution in [3.8, 4) is 17.4 Å². The van der Waals surface area contributed by atoms with Gasteiger partial charge in [0, 0.05) is 17.3 Å². The number of nitrogens with two attached hydrogens (primary N) is 2. The molecule has 1 aromatic carbocycles. The van der Waals surface area contributed by atoms with Gasteiger partial charge in [-0.05, 0) is 24.3 Å². The van der Waals surface area contributed by atoms with E-state index in [1.54, 1.807) is 6.07 Å². The molecule has 20 heavy (non-hydrogen) atoms. The summed E-state index contributed by atoms with van der Waals surface area (Å²) in [7, 11) is 1.45. The second-order valence-corrected chi connectivity index (χ2v) is 4.28. The molecule has 0 bridgehead atoms. The van der Waals surface area contributed by atoms with Crippen LogP contribution in [-0.2, 0) is 0 Å². The second-order valence-electron chi connectivity index (χ2n) is 3.89. The van der Waals surface area contributed by atoms with E-state index < -0.39 is 5.91 Å². The fourth-order valence-electron chi connectivity index (χ4n) is 1.56. The van der Waals surface area contributed by atoms with Gasteiger partial charge in [-0.15, -0.1) is 0 Å². The van der Waals surface area contributed by atoms with E-state index in [-0.39, 0.29) is 11.0 Å². The van der Waals surface area contributed by atoms with Crippen molar-refractivity contribution in [2.75, 3.05) is 12.8 Å². The molecule has 0 saturated carbocycles. The normalized spacial score (nSPS) is 10.1. The maximum Gasteiger partial charge on any atom is 0.248 e. The van der Waals surface area contributed by atoms with Crippen LogP contribution in [0.1, 0.15) is 10.4 Å². The molecule has 0 radical (unpaired) electrons. The molecule has 0 aliphatic heterocycles. The van der Waals surface area contributed by atoms with E-state index in [2.05, 4.69) is 4.98 Å². The van der Waals surface area contributed by atoms with Crippen molar-refractivity contribution in [2.24, 2.45) is 5.73 Å². The number of amides is 1. The van der Waals surface area contributed by atoms with Crippen LogP contribution in [-0.4, -0.2) is 18.0 Å². The van der Waals surface area contributed by atoms with Gasteiger partial charge in [0.1, 0.15) is 5.15 Å². The zero-order chi connectivity index (χ0) is 14.7. The number of anilines is 1. The topological polar surface area (TPSA) is 100 Å². The predicted octanol–water partition coefficient (Wildman–Crippen LogP) is 2.22. The van der Waals surface area contributed by atoms with Crippen LogP contribution < -0.4 is 20.9 Å². The fourth-order valence-corrected chi connectivity index (χ4v) is 1.77. The molecule has 0 unspecified atom stereocenters. The highest BCUT2D eigenvalue weighted by Gasteiger charge is 2.11. The standard InChI is InChI=1S/C13H12ClN3O3/c1-19-10-4-7(13(16)18)2-3-9(10)20-12-6-8(15)5-11(14)17-12/h2-6H,1H3,(H2,15,17)(H2,16,18). The molecule has 6 nitrogen and oxygen atoms in total. The van der Waals surface area contributed by atoms with Crippen molar-refractivity contribution in [1.29, 1.82) is 0 Å². The number of carbonyl (C=O) groups is 1. The summed E-state index contributed by atoms with van der Waals surface area (Å²) in [5.74, 6) is 0.383. The minimum absolute atomic E-state index is 0.215. The Morgan fingerprint density at radius 3 is 2.60 bits per heavy atom. The molecule has 0 atom stereocenters. The number of halogens is 1. The largest absolute Gasteiger partial charge is 0.493 e. The van der Waals surface area contributed by atoms with Crippen LogP contribution in [0.3, 0.4) is 0 Å². The number of benzene rings is 1. The third kappa shape index (κ3) is 3.10. The van der Waals surface area contributed by atoms with E-state index in [0.717, 1.165) is 0 Å². The summed E-state index contributed by atoms with van der Waals surface area (Å²) in [6.45, 7) is 0. The van der Waals surface area contributed by atoms with Crippen LogP contribution in [0.2, 0.25) is 5.15 Å². The summed E-state index contributed by atoms with van der Waals surface area (Å²) < 4.78 is 10.7. The summed E-state index contributed by atoms with van der Waals surface area (Å²) in [5, 5.41) is 0.215. The zero-order valence-electron chi connectivity index (χ0n) is 10.6. The van der Waals surface area contributed by atoms with Gasteiger partial charge in [-0.25, -0.2) is 4.98 Å². The van der Waals surface area contributed by atoms with Crippen molar-refractivity contribution >= 4 is 23.2 Å². The molecular formula is C13H12ClN3O3. The molecule has 1 aromatic heterocycles. The average molecular weight is 294 g/mol. The number of rotatable bonds is 4. The first-order valence-corrected chi connectivity index (χ1v) is 5.96. The van der Waals surface area contributed by atoms with Gasteiger partial charge in [-0.3, -0.25) is 4.79 Å². The Bertz CT molecular complexity index is 641. The molecular weight excluding hydrogens is 282 g/mol. The number of aromatic nitrogens is 1. The number of ether oxygens (including phenoxy) is 2. The maximum absolute atomic E-state index is 11.1. The number of nitrogen functional groups attached to an aromatic ring is 1. The summed E-state index contributed by atoms with van der Waals surface area (Å²) in [4.78, 5) is 15.1. The van der Waals surface area contributed by atoms with E-state index in [0.29, 0.717) is 22.7 Å². The molecule has 7 heteroatoms. The maximum atomic E-state index is 11.1. The van der Waals surface area contributed by atoms with Gasteiger partial charge in [0.25, 0.3) is 0 Å². The Morgan fingerprint density at radius 2 is 2.00 bits per heavy atom. The number of pyridine rings is 1. The minimum Gasteiger partial charge on any atom is -0.493 e. The highest BCUT2D eigenvalue weighted by molar-refractivity contribution is 6.29. The van der Waals surface area contributed by atoms with Gasteiger partial charge in [0.05, 0.1) is 7.11 Å². The third-order valence-electron chi connectivity index (χ3n) is 2.46. The van der Waals surface area contributed by atoms with Crippen molar-refractivity contribution in [3.63, 3.8) is 0 Å². The molecule has 0 aliphatic carbocycles. The fraction of sp³-hybridized carbons (Fsp3) is 0.0769. The van der Waals surface area contributed by atoms with Crippen molar-refractivity contribution in [2.45, 2.75) is 0 Å². The molecule has 1 heterocycles. The first-order chi connectivity index (χ1) is 9.49. The predicted molar refractivity (Wildman–Crippen MR) is 75.2 cm³/mol. The van der Waals surface area contributed by atoms with Crippen LogP contribution in [0.5, 0.6) is 17.4 Å². The Kier molecular flexibility index (Phi) is 3.95. The molecule has 0 spiro atoms. The Balaban J connectivity index is 2.35.